The second-order valence-electron chi connectivity index (χ2n) is 9.08. The van der Waals surface area contributed by atoms with Gasteiger partial charge in [-0.15, -0.1) is 24.8 Å². The van der Waals surface area contributed by atoms with Gasteiger partial charge in [0.05, 0.1) is 14.2 Å². The van der Waals surface area contributed by atoms with E-state index >= 15 is 0 Å². The molecular formula is C26H38Cl2N2O2. The van der Waals surface area contributed by atoms with Gasteiger partial charge >= 0.3 is 0 Å². The first-order valence-electron chi connectivity index (χ1n) is 11.3. The molecule has 0 amide bonds. The number of nitrogens with zero attached hydrogens (tertiary/aromatic N) is 2. The van der Waals surface area contributed by atoms with Crippen molar-refractivity contribution in [1.29, 1.82) is 0 Å². The Bertz CT molecular complexity index is 890. The summed E-state index contributed by atoms with van der Waals surface area (Å²) < 4.78 is 10.8. The lowest BCUT2D eigenvalue weighted by Gasteiger charge is -2.31. The van der Waals surface area contributed by atoms with Gasteiger partial charge in [-0.3, -0.25) is 4.90 Å². The Morgan fingerprint density at radius 1 is 0.875 bits per heavy atom. The van der Waals surface area contributed by atoms with Crippen molar-refractivity contribution in [3.05, 3.63) is 58.1 Å². The lowest BCUT2D eigenvalue weighted by Crippen LogP contribution is -2.35. The molecular weight excluding hydrogens is 443 g/mol. The van der Waals surface area contributed by atoms with E-state index in [-0.39, 0.29) is 24.8 Å². The van der Waals surface area contributed by atoms with Crippen LogP contribution in [0.25, 0.3) is 0 Å². The molecule has 0 N–H and O–H groups in total. The van der Waals surface area contributed by atoms with E-state index < -0.39 is 0 Å². The molecule has 0 radical (unpaired) electrons. The first-order chi connectivity index (χ1) is 14.6. The highest BCUT2D eigenvalue weighted by atomic mass is 35.5. The summed E-state index contributed by atoms with van der Waals surface area (Å²) in [7, 11) is 3.39. The van der Waals surface area contributed by atoms with E-state index in [0.29, 0.717) is 0 Å². The maximum Gasteiger partial charge on any atom is 0.160 e. The summed E-state index contributed by atoms with van der Waals surface area (Å²) in [5, 5.41) is 0. The molecule has 1 atom stereocenters. The molecule has 6 heteroatoms. The van der Waals surface area contributed by atoms with Gasteiger partial charge in [0.1, 0.15) is 0 Å². The fourth-order valence-electron chi connectivity index (χ4n) is 5.02. The van der Waals surface area contributed by atoms with Crippen molar-refractivity contribution in [3.8, 4) is 11.5 Å². The van der Waals surface area contributed by atoms with Crippen LogP contribution >= 0.6 is 24.8 Å². The Hall–Kier alpha value is -1.46. The monoisotopic (exact) mass is 480 g/mol. The van der Waals surface area contributed by atoms with Gasteiger partial charge in [-0.05, 0) is 85.5 Å². The standard InChI is InChI=1S/C26H36N2O2.2ClH/c1-19-13-23-9-12-28(18-24(23)14-20(19)2)17-22-8-11-27(16-22)10-7-21-5-6-25(29-3)26(15-21)30-4;;/h5-6,13-15,22H,7-12,16-18H2,1-4H3;2*1H. The third kappa shape index (κ3) is 6.32. The maximum absolute atomic E-state index is 5.45. The first-order valence-corrected chi connectivity index (χ1v) is 11.3. The summed E-state index contributed by atoms with van der Waals surface area (Å²) in [6.45, 7) is 11.6. The fourth-order valence-corrected chi connectivity index (χ4v) is 5.02. The largest absolute Gasteiger partial charge is 0.493 e. The normalized spacial score (nSPS) is 18.4. The van der Waals surface area contributed by atoms with Gasteiger partial charge < -0.3 is 14.4 Å². The van der Waals surface area contributed by atoms with Crippen LogP contribution in [0.2, 0.25) is 0 Å². The van der Waals surface area contributed by atoms with Crippen molar-refractivity contribution in [1.82, 2.24) is 9.80 Å². The number of hydrogen-bond donors (Lipinski definition) is 0. The number of hydrogen-bond acceptors (Lipinski definition) is 4. The number of likely N-dealkylation sites (tertiary alicyclic amines) is 1. The van der Waals surface area contributed by atoms with Gasteiger partial charge in [0.25, 0.3) is 0 Å². The van der Waals surface area contributed by atoms with Gasteiger partial charge in [0.2, 0.25) is 0 Å². The van der Waals surface area contributed by atoms with Crippen LogP contribution in [0.15, 0.2) is 30.3 Å². The van der Waals surface area contributed by atoms with E-state index in [4.69, 9.17) is 9.47 Å². The third-order valence-electron chi connectivity index (χ3n) is 6.96. The van der Waals surface area contributed by atoms with Crippen LogP contribution in [0.5, 0.6) is 11.5 Å². The van der Waals surface area contributed by atoms with E-state index in [2.05, 4.69) is 47.9 Å². The molecule has 178 valence electrons. The Labute approximate surface area is 206 Å². The van der Waals surface area contributed by atoms with Crippen molar-refractivity contribution < 1.29 is 9.47 Å². The van der Waals surface area contributed by atoms with E-state index in [0.717, 1.165) is 36.9 Å². The third-order valence-corrected chi connectivity index (χ3v) is 6.96. The van der Waals surface area contributed by atoms with Gasteiger partial charge in [-0.25, -0.2) is 0 Å². The van der Waals surface area contributed by atoms with Crippen molar-refractivity contribution in [2.45, 2.75) is 39.7 Å². The summed E-state index contributed by atoms with van der Waals surface area (Å²) in [6, 6.07) is 11.1. The van der Waals surface area contributed by atoms with Gasteiger partial charge in [0, 0.05) is 32.7 Å². The zero-order valence-electron chi connectivity index (χ0n) is 19.9. The topological polar surface area (TPSA) is 24.9 Å². The number of halogens is 2. The molecule has 2 aromatic carbocycles. The fraction of sp³-hybridized carbons (Fsp3) is 0.538. The van der Waals surface area contributed by atoms with Crippen molar-refractivity contribution in [3.63, 3.8) is 0 Å². The second kappa shape index (κ2) is 12.1. The van der Waals surface area contributed by atoms with E-state index in [1.54, 1.807) is 25.3 Å². The summed E-state index contributed by atoms with van der Waals surface area (Å²) in [5.74, 6) is 2.42. The summed E-state index contributed by atoms with van der Waals surface area (Å²) >= 11 is 0. The van der Waals surface area contributed by atoms with E-state index in [1.165, 1.54) is 55.7 Å². The Morgan fingerprint density at radius 2 is 1.59 bits per heavy atom. The lowest BCUT2D eigenvalue weighted by atomic mass is 9.94. The molecule has 4 rings (SSSR count). The molecule has 32 heavy (non-hydrogen) atoms. The number of ether oxygens (including phenoxy) is 2. The number of rotatable bonds is 7. The maximum atomic E-state index is 5.45. The minimum absolute atomic E-state index is 0. The van der Waals surface area contributed by atoms with Crippen LogP contribution in [-0.2, 0) is 19.4 Å². The van der Waals surface area contributed by atoms with Crippen LogP contribution in [0.4, 0.5) is 0 Å². The average Bonchev–Trinajstić information content (AvgIpc) is 3.20. The van der Waals surface area contributed by atoms with Crippen molar-refractivity contribution in [2.24, 2.45) is 5.92 Å². The quantitative estimate of drug-likeness (QED) is 0.550. The summed E-state index contributed by atoms with van der Waals surface area (Å²) in [5.41, 5.74) is 7.29. The molecule has 2 heterocycles. The summed E-state index contributed by atoms with van der Waals surface area (Å²) in [6.07, 6.45) is 3.58. The molecule has 0 aliphatic carbocycles. The predicted molar refractivity (Wildman–Crippen MR) is 137 cm³/mol. The highest BCUT2D eigenvalue weighted by molar-refractivity contribution is 5.85. The Balaban J connectivity index is 0.00000181. The molecule has 0 spiro atoms. The van der Waals surface area contributed by atoms with Crippen LogP contribution in [0.3, 0.4) is 0 Å². The highest BCUT2D eigenvalue weighted by Crippen LogP contribution is 2.28. The highest BCUT2D eigenvalue weighted by Gasteiger charge is 2.26. The Kier molecular flexibility index (Phi) is 10.2. The van der Waals surface area contributed by atoms with E-state index in [1.807, 2.05) is 6.07 Å². The summed E-state index contributed by atoms with van der Waals surface area (Å²) in [4.78, 5) is 5.31. The van der Waals surface area contributed by atoms with Crippen LogP contribution in [0.1, 0.15) is 34.2 Å². The Morgan fingerprint density at radius 3 is 2.31 bits per heavy atom. The number of benzene rings is 2. The molecule has 0 bridgehead atoms. The predicted octanol–water partition coefficient (Wildman–Crippen LogP) is 5.09. The zero-order valence-corrected chi connectivity index (χ0v) is 21.5. The lowest BCUT2D eigenvalue weighted by molar-refractivity contribution is 0.210. The van der Waals surface area contributed by atoms with Crippen LogP contribution in [0, 0.1) is 19.8 Å². The molecule has 4 nitrogen and oxygen atoms in total. The molecule has 0 aromatic heterocycles. The average molecular weight is 482 g/mol. The van der Waals surface area contributed by atoms with Crippen molar-refractivity contribution in [2.75, 3.05) is 46.9 Å². The number of aryl methyl sites for hydroxylation is 2. The van der Waals surface area contributed by atoms with Crippen molar-refractivity contribution >= 4 is 24.8 Å². The number of methoxy groups -OCH3 is 2. The molecule has 2 aliphatic heterocycles. The molecule has 1 fully saturated rings. The zero-order chi connectivity index (χ0) is 21.1. The second-order valence-corrected chi connectivity index (χ2v) is 9.08. The minimum Gasteiger partial charge on any atom is -0.493 e. The van der Waals surface area contributed by atoms with Crippen LogP contribution in [-0.4, -0.2) is 56.7 Å². The molecule has 1 unspecified atom stereocenters. The SMILES string of the molecule is COc1ccc(CCN2CCC(CN3CCc4cc(C)c(C)cc4C3)C2)cc1OC.Cl.Cl. The smallest absolute Gasteiger partial charge is 0.160 e. The van der Waals surface area contributed by atoms with E-state index in [9.17, 15) is 0 Å². The molecule has 1 saturated heterocycles. The molecule has 2 aromatic rings. The molecule has 2 aliphatic rings. The van der Waals surface area contributed by atoms with Gasteiger partial charge in [-0.2, -0.15) is 0 Å². The van der Waals surface area contributed by atoms with Gasteiger partial charge in [0.15, 0.2) is 11.5 Å². The first kappa shape index (κ1) is 26.8. The molecule has 0 saturated carbocycles. The minimum atomic E-state index is 0. The van der Waals surface area contributed by atoms with Crippen LogP contribution < -0.4 is 9.47 Å². The van der Waals surface area contributed by atoms with Gasteiger partial charge in [-0.1, -0.05) is 18.2 Å². The number of fused-ring (bicyclic) bond motifs is 1.